The summed E-state index contributed by atoms with van der Waals surface area (Å²) in [5.74, 6) is 3.52. The quantitative estimate of drug-likeness (QED) is 0.806. The molecule has 2 atom stereocenters. The smallest absolute Gasteiger partial charge is 0.132 e. The molecule has 0 aromatic carbocycles. The first kappa shape index (κ1) is 13.1. The Labute approximate surface area is 110 Å². The molecule has 4 heteroatoms. The van der Waals surface area contributed by atoms with Gasteiger partial charge in [-0.2, -0.15) is 0 Å². The number of anilines is 2. The maximum absolute atomic E-state index is 4.46. The molecule has 1 fully saturated rings. The van der Waals surface area contributed by atoms with Crippen LogP contribution in [0.2, 0.25) is 0 Å². The van der Waals surface area contributed by atoms with Gasteiger partial charge in [0, 0.05) is 19.2 Å². The molecule has 1 aromatic rings. The Morgan fingerprint density at radius 3 is 2.67 bits per heavy atom. The third-order valence-electron chi connectivity index (χ3n) is 3.70. The SMILES string of the molecule is CNc1cc(NC2CCCC(C)CC2)nc(C)n1. The van der Waals surface area contributed by atoms with Crippen LogP contribution < -0.4 is 10.6 Å². The summed E-state index contributed by atoms with van der Waals surface area (Å²) in [4.78, 5) is 8.78. The van der Waals surface area contributed by atoms with Gasteiger partial charge in [-0.25, -0.2) is 9.97 Å². The zero-order chi connectivity index (χ0) is 13.0. The van der Waals surface area contributed by atoms with E-state index < -0.39 is 0 Å². The van der Waals surface area contributed by atoms with Crippen LogP contribution in [-0.2, 0) is 0 Å². The van der Waals surface area contributed by atoms with E-state index in [9.17, 15) is 0 Å². The van der Waals surface area contributed by atoms with E-state index in [0.29, 0.717) is 6.04 Å². The maximum Gasteiger partial charge on any atom is 0.132 e. The first-order valence-corrected chi connectivity index (χ1v) is 6.97. The summed E-state index contributed by atoms with van der Waals surface area (Å²) in [5.41, 5.74) is 0. The summed E-state index contributed by atoms with van der Waals surface area (Å²) in [6.07, 6.45) is 6.51. The van der Waals surface area contributed by atoms with Crippen LogP contribution in [0.25, 0.3) is 0 Å². The number of hydrogen-bond donors (Lipinski definition) is 2. The number of nitrogens with zero attached hydrogens (tertiary/aromatic N) is 2. The number of rotatable bonds is 3. The van der Waals surface area contributed by atoms with Crippen molar-refractivity contribution >= 4 is 11.6 Å². The molecule has 0 spiro atoms. The van der Waals surface area contributed by atoms with Gasteiger partial charge in [0.25, 0.3) is 0 Å². The standard InChI is InChI=1S/C14H24N4/c1-10-5-4-6-12(8-7-10)18-14-9-13(15-3)16-11(2)17-14/h9-10,12H,4-8H2,1-3H3,(H2,15,16,17,18). The van der Waals surface area contributed by atoms with Gasteiger partial charge >= 0.3 is 0 Å². The molecule has 1 heterocycles. The summed E-state index contributed by atoms with van der Waals surface area (Å²) >= 11 is 0. The summed E-state index contributed by atoms with van der Waals surface area (Å²) in [6.45, 7) is 4.29. The average Bonchev–Trinajstić information content (AvgIpc) is 2.54. The lowest BCUT2D eigenvalue weighted by Crippen LogP contribution is -2.19. The van der Waals surface area contributed by atoms with Gasteiger partial charge in [0.1, 0.15) is 17.5 Å². The van der Waals surface area contributed by atoms with Crippen LogP contribution in [0.3, 0.4) is 0 Å². The molecule has 1 aliphatic carbocycles. The van der Waals surface area contributed by atoms with E-state index in [0.717, 1.165) is 23.4 Å². The van der Waals surface area contributed by atoms with Gasteiger partial charge in [0.2, 0.25) is 0 Å². The number of hydrogen-bond acceptors (Lipinski definition) is 4. The second kappa shape index (κ2) is 6.03. The Bertz CT molecular complexity index is 391. The average molecular weight is 248 g/mol. The van der Waals surface area contributed by atoms with Gasteiger partial charge in [0.15, 0.2) is 0 Å². The summed E-state index contributed by atoms with van der Waals surface area (Å²) < 4.78 is 0. The normalized spacial score (nSPS) is 24.4. The van der Waals surface area contributed by atoms with Gasteiger partial charge in [-0.3, -0.25) is 0 Å². The second-order valence-corrected chi connectivity index (χ2v) is 5.39. The fourth-order valence-electron chi connectivity index (χ4n) is 2.61. The van der Waals surface area contributed by atoms with Gasteiger partial charge in [-0.1, -0.05) is 19.8 Å². The van der Waals surface area contributed by atoms with Crippen molar-refractivity contribution in [1.82, 2.24) is 9.97 Å². The molecule has 1 aliphatic rings. The zero-order valence-corrected chi connectivity index (χ0v) is 11.7. The Hall–Kier alpha value is -1.32. The summed E-state index contributed by atoms with van der Waals surface area (Å²) in [6, 6.07) is 2.55. The molecular weight excluding hydrogens is 224 g/mol. The van der Waals surface area contributed by atoms with Gasteiger partial charge < -0.3 is 10.6 Å². The predicted octanol–water partition coefficient (Wildman–Crippen LogP) is 3.21. The third-order valence-corrected chi connectivity index (χ3v) is 3.70. The van der Waals surface area contributed by atoms with Crippen LogP contribution >= 0.6 is 0 Å². The van der Waals surface area contributed by atoms with Crippen molar-refractivity contribution in [3.63, 3.8) is 0 Å². The van der Waals surface area contributed by atoms with Crippen LogP contribution in [0.4, 0.5) is 11.6 Å². The highest BCUT2D eigenvalue weighted by Crippen LogP contribution is 2.25. The number of aryl methyl sites for hydroxylation is 1. The third kappa shape index (κ3) is 3.59. The highest BCUT2D eigenvalue weighted by Gasteiger charge is 2.16. The molecule has 0 amide bonds. The predicted molar refractivity (Wildman–Crippen MR) is 76.0 cm³/mol. The van der Waals surface area contributed by atoms with Crippen molar-refractivity contribution in [2.24, 2.45) is 5.92 Å². The van der Waals surface area contributed by atoms with Crippen molar-refractivity contribution in [2.75, 3.05) is 17.7 Å². The van der Waals surface area contributed by atoms with Crippen molar-refractivity contribution in [2.45, 2.75) is 52.0 Å². The minimum Gasteiger partial charge on any atom is -0.373 e. The molecule has 0 aliphatic heterocycles. The van der Waals surface area contributed by atoms with Crippen LogP contribution in [0.1, 0.15) is 44.9 Å². The van der Waals surface area contributed by atoms with Gasteiger partial charge in [-0.15, -0.1) is 0 Å². The highest BCUT2D eigenvalue weighted by molar-refractivity contribution is 5.47. The molecular formula is C14H24N4. The van der Waals surface area contributed by atoms with Crippen molar-refractivity contribution in [3.8, 4) is 0 Å². The topological polar surface area (TPSA) is 49.8 Å². The van der Waals surface area contributed by atoms with E-state index in [1.54, 1.807) is 0 Å². The van der Waals surface area contributed by atoms with E-state index in [2.05, 4.69) is 27.5 Å². The van der Waals surface area contributed by atoms with Gasteiger partial charge in [0.05, 0.1) is 0 Å². The van der Waals surface area contributed by atoms with E-state index >= 15 is 0 Å². The van der Waals surface area contributed by atoms with Crippen LogP contribution in [0.15, 0.2) is 6.07 Å². The highest BCUT2D eigenvalue weighted by atomic mass is 15.1. The number of nitrogens with one attached hydrogen (secondary N) is 2. The Morgan fingerprint density at radius 1 is 1.11 bits per heavy atom. The second-order valence-electron chi connectivity index (χ2n) is 5.39. The Kier molecular flexibility index (Phi) is 4.39. The maximum atomic E-state index is 4.46. The minimum atomic E-state index is 0.564. The molecule has 2 rings (SSSR count). The van der Waals surface area contributed by atoms with E-state index in [-0.39, 0.29) is 0 Å². The lowest BCUT2D eigenvalue weighted by molar-refractivity contribution is 0.502. The van der Waals surface area contributed by atoms with Crippen LogP contribution in [-0.4, -0.2) is 23.1 Å². The molecule has 0 saturated heterocycles. The first-order chi connectivity index (χ1) is 8.67. The molecule has 2 N–H and O–H groups in total. The lowest BCUT2D eigenvalue weighted by atomic mass is 10.0. The van der Waals surface area contributed by atoms with Gasteiger partial charge in [-0.05, 0) is 32.1 Å². The largest absolute Gasteiger partial charge is 0.373 e. The molecule has 1 saturated carbocycles. The lowest BCUT2D eigenvalue weighted by Gasteiger charge is -2.17. The monoisotopic (exact) mass is 248 g/mol. The van der Waals surface area contributed by atoms with E-state index in [1.165, 1.54) is 32.1 Å². The van der Waals surface area contributed by atoms with E-state index in [4.69, 9.17) is 0 Å². The fourth-order valence-corrected chi connectivity index (χ4v) is 2.61. The molecule has 0 radical (unpaired) electrons. The number of aromatic nitrogens is 2. The molecule has 18 heavy (non-hydrogen) atoms. The Balaban J connectivity index is 2.01. The summed E-state index contributed by atoms with van der Waals surface area (Å²) in [5, 5.41) is 6.64. The van der Waals surface area contributed by atoms with Crippen molar-refractivity contribution in [3.05, 3.63) is 11.9 Å². The summed E-state index contributed by atoms with van der Waals surface area (Å²) in [7, 11) is 1.89. The van der Waals surface area contributed by atoms with Crippen molar-refractivity contribution < 1.29 is 0 Å². The minimum absolute atomic E-state index is 0.564. The molecule has 0 bridgehead atoms. The Morgan fingerprint density at radius 2 is 1.89 bits per heavy atom. The molecule has 4 nitrogen and oxygen atoms in total. The van der Waals surface area contributed by atoms with Crippen molar-refractivity contribution in [1.29, 1.82) is 0 Å². The zero-order valence-electron chi connectivity index (χ0n) is 11.7. The molecule has 100 valence electrons. The van der Waals surface area contributed by atoms with Crippen LogP contribution in [0, 0.1) is 12.8 Å². The first-order valence-electron chi connectivity index (χ1n) is 6.97. The molecule has 2 unspecified atom stereocenters. The molecule has 1 aromatic heterocycles. The fraction of sp³-hybridized carbons (Fsp3) is 0.714. The van der Waals surface area contributed by atoms with Crippen LogP contribution in [0.5, 0.6) is 0 Å². The van der Waals surface area contributed by atoms with E-state index in [1.807, 2.05) is 20.0 Å².